The van der Waals surface area contributed by atoms with Gasteiger partial charge in [-0.25, -0.2) is 9.07 Å². The summed E-state index contributed by atoms with van der Waals surface area (Å²) in [5.41, 5.74) is 5.22. The summed E-state index contributed by atoms with van der Waals surface area (Å²) in [6.07, 6.45) is 0. The van der Waals surface area contributed by atoms with Crippen molar-refractivity contribution in [3.05, 3.63) is 136 Å². The van der Waals surface area contributed by atoms with Crippen LogP contribution in [0.3, 0.4) is 0 Å². The normalized spacial score (nSPS) is 14.0. The Morgan fingerprint density at radius 2 is 1.73 bits per heavy atom. The molecule has 0 aliphatic carbocycles. The molecule has 1 aromatic heterocycles. The number of thioether (sulfide) groups is 1. The summed E-state index contributed by atoms with van der Waals surface area (Å²) in [5, 5.41) is 11.5. The van der Waals surface area contributed by atoms with Crippen LogP contribution >= 0.6 is 11.8 Å². The van der Waals surface area contributed by atoms with E-state index in [1.165, 1.54) is 17.8 Å². The van der Waals surface area contributed by atoms with E-state index < -0.39 is 6.04 Å². The molecular formula is C35H32FN5O3S. The van der Waals surface area contributed by atoms with Crippen molar-refractivity contribution in [1.29, 1.82) is 0 Å². The van der Waals surface area contributed by atoms with Gasteiger partial charge in [0.2, 0.25) is 11.1 Å². The predicted octanol–water partition coefficient (Wildman–Crippen LogP) is 7.53. The summed E-state index contributed by atoms with van der Waals surface area (Å²) in [5.74, 6) is 1.45. The van der Waals surface area contributed by atoms with Gasteiger partial charge in [-0.15, -0.1) is 5.10 Å². The molecule has 10 heteroatoms. The number of methoxy groups -OCH3 is 1. The summed E-state index contributed by atoms with van der Waals surface area (Å²) >= 11 is 1.32. The molecule has 1 aliphatic rings. The molecule has 5 aromatic rings. The third kappa shape index (κ3) is 6.56. The Hall–Kier alpha value is -5.09. The standard InChI is InChI=1S/C35H32FN5O3S/c1-22-11-4-5-12-25(22)20-44-27-15-10-14-24(19-27)32-31(33(42)38-29-17-8-9-18-30(29)43-3)23(2)37-34-39-35(40-41(32)34)45-21-26-13-6-7-16-28(26)36/h4-19,32H,20-21H2,1-3H3,(H,38,42)(H,37,39,40). The van der Waals surface area contributed by atoms with Gasteiger partial charge in [-0.1, -0.05) is 78.5 Å². The molecule has 228 valence electrons. The number of halogens is 1. The Bertz CT molecular complexity index is 1890. The number of nitrogens with one attached hydrogen (secondary N) is 2. The molecule has 1 aliphatic heterocycles. The number of para-hydroxylation sites is 2. The van der Waals surface area contributed by atoms with E-state index in [2.05, 4.69) is 23.6 Å². The summed E-state index contributed by atoms with van der Waals surface area (Å²) in [6.45, 7) is 4.30. The fourth-order valence-corrected chi connectivity index (χ4v) is 6.01. The monoisotopic (exact) mass is 621 g/mol. The highest BCUT2D eigenvalue weighted by atomic mass is 32.2. The molecule has 0 spiro atoms. The van der Waals surface area contributed by atoms with E-state index >= 15 is 0 Å². The first-order valence-corrected chi connectivity index (χ1v) is 15.4. The smallest absolute Gasteiger partial charge is 0.255 e. The molecule has 1 amide bonds. The van der Waals surface area contributed by atoms with E-state index in [1.807, 2.05) is 61.5 Å². The van der Waals surface area contributed by atoms with Gasteiger partial charge in [0.1, 0.15) is 30.0 Å². The Kier molecular flexibility index (Phi) is 8.84. The van der Waals surface area contributed by atoms with Crippen LogP contribution in [0.25, 0.3) is 0 Å². The molecular weight excluding hydrogens is 589 g/mol. The summed E-state index contributed by atoms with van der Waals surface area (Å²) < 4.78 is 27.7. The maximum atomic E-state index is 14.3. The molecule has 0 fully saturated rings. The third-order valence-corrected chi connectivity index (χ3v) is 8.46. The van der Waals surface area contributed by atoms with Gasteiger partial charge in [-0.05, 0) is 66.4 Å². The van der Waals surface area contributed by atoms with Crippen molar-refractivity contribution >= 4 is 29.3 Å². The molecule has 45 heavy (non-hydrogen) atoms. The SMILES string of the molecule is COc1ccccc1NC(=O)C1=C(C)Nc2nc(SCc3ccccc3F)nn2C1c1cccc(OCc2ccccc2C)c1. The molecule has 6 rings (SSSR count). The summed E-state index contributed by atoms with van der Waals surface area (Å²) in [6, 6.07) is 29.0. The Morgan fingerprint density at radius 3 is 2.53 bits per heavy atom. The van der Waals surface area contributed by atoms with Crippen molar-refractivity contribution in [3.8, 4) is 11.5 Å². The number of anilines is 2. The van der Waals surface area contributed by atoms with Crippen molar-refractivity contribution in [2.75, 3.05) is 17.7 Å². The number of carbonyl (C=O) groups is 1. The van der Waals surface area contributed by atoms with Gasteiger partial charge < -0.3 is 20.1 Å². The van der Waals surface area contributed by atoms with E-state index in [0.717, 1.165) is 16.7 Å². The number of allylic oxidation sites excluding steroid dienone is 1. The second-order valence-corrected chi connectivity index (χ2v) is 11.5. The number of rotatable bonds is 10. The van der Waals surface area contributed by atoms with Crippen molar-refractivity contribution < 1.29 is 18.7 Å². The number of hydrogen-bond acceptors (Lipinski definition) is 7. The highest BCUT2D eigenvalue weighted by Gasteiger charge is 2.35. The summed E-state index contributed by atoms with van der Waals surface area (Å²) in [4.78, 5) is 18.7. The van der Waals surface area contributed by atoms with Gasteiger partial charge in [0.25, 0.3) is 5.91 Å². The van der Waals surface area contributed by atoms with Crippen molar-refractivity contribution in [2.24, 2.45) is 0 Å². The highest BCUT2D eigenvalue weighted by Crippen LogP contribution is 2.38. The molecule has 0 bridgehead atoms. The minimum atomic E-state index is -0.631. The van der Waals surface area contributed by atoms with Crippen LogP contribution in [0.4, 0.5) is 16.0 Å². The van der Waals surface area contributed by atoms with Crippen LogP contribution < -0.4 is 20.1 Å². The second-order valence-electron chi connectivity index (χ2n) is 10.6. The van der Waals surface area contributed by atoms with E-state index in [1.54, 1.807) is 42.1 Å². The lowest BCUT2D eigenvalue weighted by Crippen LogP contribution is -2.31. The Balaban J connectivity index is 1.35. The van der Waals surface area contributed by atoms with Gasteiger partial charge in [0.15, 0.2) is 0 Å². The molecule has 4 aromatic carbocycles. The number of amides is 1. The zero-order chi connectivity index (χ0) is 31.3. The number of aromatic nitrogens is 3. The number of carbonyl (C=O) groups excluding carboxylic acids is 1. The number of fused-ring (bicyclic) bond motifs is 1. The minimum absolute atomic E-state index is 0.278. The lowest BCUT2D eigenvalue weighted by molar-refractivity contribution is -0.113. The largest absolute Gasteiger partial charge is 0.495 e. The zero-order valence-electron chi connectivity index (χ0n) is 25.1. The highest BCUT2D eigenvalue weighted by molar-refractivity contribution is 7.98. The van der Waals surface area contributed by atoms with Crippen molar-refractivity contribution in [2.45, 2.75) is 37.4 Å². The lowest BCUT2D eigenvalue weighted by Gasteiger charge is -2.29. The molecule has 8 nitrogen and oxygen atoms in total. The summed E-state index contributed by atoms with van der Waals surface area (Å²) in [7, 11) is 1.56. The van der Waals surface area contributed by atoms with Crippen LogP contribution in [0.5, 0.6) is 11.5 Å². The van der Waals surface area contributed by atoms with Crippen LogP contribution in [-0.2, 0) is 17.2 Å². The topological polar surface area (TPSA) is 90.3 Å². The fraction of sp³-hybridized carbons (Fsp3) is 0.171. The molecule has 0 saturated heterocycles. The number of nitrogens with zero attached hydrogens (tertiary/aromatic N) is 3. The van der Waals surface area contributed by atoms with Crippen LogP contribution in [0.1, 0.15) is 35.2 Å². The van der Waals surface area contributed by atoms with E-state index in [9.17, 15) is 9.18 Å². The average Bonchev–Trinajstić information content (AvgIpc) is 3.46. The van der Waals surface area contributed by atoms with Crippen LogP contribution in [0, 0.1) is 12.7 Å². The Morgan fingerprint density at radius 1 is 0.978 bits per heavy atom. The van der Waals surface area contributed by atoms with E-state index in [0.29, 0.717) is 57.5 Å². The van der Waals surface area contributed by atoms with Crippen molar-refractivity contribution in [1.82, 2.24) is 14.8 Å². The molecule has 1 unspecified atom stereocenters. The van der Waals surface area contributed by atoms with Gasteiger partial charge >= 0.3 is 0 Å². The van der Waals surface area contributed by atoms with Crippen LogP contribution in [0.15, 0.2) is 113 Å². The van der Waals surface area contributed by atoms with Gasteiger partial charge in [-0.2, -0.15) is 4.98 Å². The van der Waals surface area contributed by atoms with Crippen molar-refractivity contribution in [3.63, 3.8) is 0 Å². The van der Waals surface area contributed by atoms with Gasteiger partial charge in [0.05, 0.1) is 18.4 Å². The average molecular weight is 622 g/mol. The minimum Gasteiger partial charge on any atom is -0.495 e. The maximum Gasteiger partial charge on any atom is 0.255 e. The first-order valence-electron chi connectivity index (χ1n) is 14.4. The molecule has 0 radical (unpaired) electrons. The van der Waals surface area contributed by atoms with Crippen LogP contribution in [-0.4, -0.2) is 27.8 Å². The lowest BCUT2D eigenvalue weighted by atomic mass is 9.94. The molecule has 0 saturated carbocycles. The predicted molar refractivity (Wildman–Crippen MR) is 174 cm³/mol. The quantitative estimate of drug-likeness (QED) is 0.156. The second kappa shape index (κ2) is 13.3. The number of benzene rings is 4. The molecule has 2 heterocycles. The first-order chi connectivity index (χ1) is 21.9. The van der Waals surface area contributed by atoms with E-state index in [4.69, 9.17) is 19.6 Å². The van der Waals surface area contributed by atoms with Gasteiger partial charge in [-0.3, -0.25) is 4.79 Å². The van der Waals surface area contributed by atoms with Crippen LogP contribution in [0.2, 0.25) is 0 Å². The Labute approximate surface area is 265 Å². The molecule has 2 N–H and O–H groups in total. The number of hydrogen-bond donors (Lipinski definition) is 2. The molecule has 1 atom stereocenters. The van der Waals surface area contributed by atoms with Gasteiger partial charge in [0, 0.05) is 11.4 Å². The fourth-order valence-electron chi connectivity index (χ4n) is 5.20. The zero-order valence-corrected chi connectivity index (χ0v) is 25.9. The van der Waals surface area contributed by atoms with E-state index in [-0.39, 0.29) is 11.7 Å². The maximum absolute atomic E-state index is 14.3. The number of aryl methyl sites for hydroxylation is 1. The third-order valence-electron chi connectivity index (χ3n) is 7.58. The first kappa shape index (κ1) is 30.0. The number of ether oxygens (including phenoxy) is 2.